The normalized spacial score (nSPS) is 11.1. The Morgan fingerprint density at radius 2 is 2.07 bits per heavy atom. The van der Waals surface area contributed by atoms with Crippen molar-refractivity contribution < 1.29 is 13.2 Å². The highest BCUT2D eigenvalue weighted by Crippen LogP contribution is 2.12. The fraction of sp³-hybridized carbons (Fsp3) is 0.300. The maximum absolute atomic E-state index is 11.8. The summed E-state index contributed by atoms with van der Waals surface area (Å²) in [6, 6.07) is 8.40. The molecule has 0 aliphatic carbocycles. The number of halogens is 3. The van der Waals surface area contributed by atoms with E-state index in [1.807, 2.05) is 6.07 Å². The van der Waals surface area contributed by atoms with Crippen molar-refractivity contribution in [2.45, 2.75) is 12.7 Å². The van der Waals surface area contributed by atoms with Crippen LogP contribution in [-0.2, 0) is 6.54 Å². The van der Waals surface area contributed by atoms with Gasteiger partial charge in [0, 0.05) is 6.54 Å². The van der Waals surface area contributed by atoms with Crippen molar-refractivity contribution in [3.05, 3.63) is 35.4 Å². The van der Waals surface area contributed by atoms with Crippen LogP contribution in [0.25, 0.3) is 0 Å². The summed E-state index contributed by atoms with van der Waals surface area (Å²) >= 11 is 0. The third-order valence-electron chi connectivity index (χ3n) is 1.71. The van der Waals surface area contributed by atoms with Crippen LogP contribution in [0.1, 0.15) is 11.1 Å². The fourth-order valence-electron chi connectivity index (χ4n) is 1.10. The average molecular weight is 214 g/mol. The zero-order valence-electron chi connectivity index (χ0n) is 7.80. The second kappa shape index (κ2) is 4.80. The molecule has 1 rings (SSSR count). The van der Waals surface area contributed by atoms with Crippen molar-refractivity contribution in [2.24, 2.45) is 0 Å². The number of nitriles is 1. The minimum atomic E-state index is -4.20. The maximum Gasteiger partial charge on any atom is 0.401 e. The highest BCUT2D eigenvalue weighted by molar-refractivity contribution is 5.32. The van der Waals surface area contributed by atoms with E-state index < -0.39 is 12.7 Å². The molecular weight excluding hydrogens is 205 g/mol. The zero-order valence-corrected chi connectivity index (χ0v) is 7.80. The van der Waals surface area contributed by atoms with Crippen LogP contribution in [0.5, 0.6) is 0 Å². The second-order valence-electron chi connectivity index (χ2n) is 3.03. The van der Waals surface area contributed by atoms with Gasteiger partial charge in [-0.25, -0.2) is 0 Å². The molecule has 0 spiro atoms. The fourth-order valence-corrected chi connectivity index (χ4v) is 1.10. The number of hydrogen-bond acceptors (Lipinski definition) is 2. The molecule has 0 saturated carbocycles. The van der Waals surface area contributed by atoms with Gasteiger partial charge < -0.3 is 5.32 Å². The van der Waals surface area contributed by atoms with Gasteiger partial charge in [0.2, 0.25) is 0 Å². The molecule has 0 atom stereocenters. The minimum absolute atomic E-state index is 0.106. The quantitative estimate of drug-likeness (QED) is 0.837. The van der Waals surface area contributed by atoms with Gasteiger partial charge in [0.15, 0.2) is 0 Å². The van der Waals surface area contributed by atoms with Crippen molar-refractivity contribution >= 4 is 0 Å². The molecule has 1 N–H and O–H groups in total. The summed E-state index contributed by atoms with van der Waals surface area (Å²) in [5.74, 6) is 0. The molecule has 1 aromatic rings. The first kappa shape index (κ1) is 11.5. The maximum atomic E-state index is 11.8. The Labute approximate surface area is 85.3 Å². The van der Waals surface area contributed by atoms with E-state index in [1.165, 1.54) is 0 Å². The third-order valence-corrected chi connectivity index (χ3v) is 1.71. The van der Waals surface area contributed by atoms with Crippen molar-refractivity contribution in [3.63, 3.8) is 0 Å². The lowest BCUT2D eigenvalue weighted by molar-refractivity contribution is -0.125. The van der Waals surface area contributed by atoms with Crippen LogP contribution in [0.4, 0.5) is 13.2 Å². The van der Waals surface area contributed by atoms with Crippen LogP contribution in [0.15, 0.2) is 24.3 Å². The number of hydrogen-bond donors (Lipinski definition) is 1. The smallest absolute Gasteiger partial charge is 0.305 e. The molecule has 0 amide bonds. The first-order valence-corrected chi connectivity index (χ1v) is 4.28. The molecule has 0 aliphatic heterocycles. The summed E-state index contributed by atoms with van der Waals surface area (Å²) < 4.78 is 35.4. The molecule has 0 heterocycles. The summed E-state index contributed by atoms with van der Waals surface area (Å²) in [5, 5.41) is 10.8. The van der Waals surface area contributed by atoms with E-state index in [9.17, 15) is 13.2 Å². The highest BCUT2D eigenvalue weighted by atomic mass is 19.4. The molecule has 1 aromatic carbocycles. The van der Waals surface area contributed by atoms with Crippen molar-refractivity contribution in [2.75, 3.05) is 6.54 Å². The van der Waals surface area contributed by atoms with Crippen molar-refractivity contribution in [1.29, 1.82) is 5.26 Å². The van der Waals surface area contributed by atoms with Gasteiger partial charge in [-0.15, -0.1) is 0 Å². The number of rotatable bonds is 3. The van der Waals surface area contributed by atoms with Crippen molar-refractivity contribution in [1.82, 2.24) is 5.32 Å². The molecule has 5 heteroatoms. The monoisotopic (exact) mass is 214 g/mol. The molecule has 80 valence electrons. The molecule has 0 fully saturated rings. The number of nitrogens with one attached hydrogen (secondary N) is 1. The SMILES string of the molecule is N#Cc1cccc(CNCC(F)(F)F)c1. The minimum Gasteiger partial charge on any atom is -0.305 e. The van der Waals surface area contributed by atoms with Crippen LogP contribution >= 0.6 is 0 Å². The van der Waals surface area contributed by atoms with E-state index in [0.29, 0.717) is 11.1 Å². The van der Waals surface area contributed by atoms with Gasteiger partial charge in [-0.3, -0.25) is 0 Å². The average Bonchev–Trinajstić information content (AvgIpc) is 2.16. The third kappa shape index (κ3) is 4.47. The lowest BCUT2D eigenvalue weighted by atomic mass is 10.1. The summed E-state index contributed by atoms with van der Waals surface area (Å²) in [6.45, 7) is -0.918. The highest BCUT2D eigenvalue weighted by Gasteiger charge is 2.25. The molecule has 0 aromatic heterocycles. The summed E-state index contributed by atoms with van der Waals surface area (Å²) in [4.78, 5) is 0. The summed E-state index contributed by atoms with van der Waals surface area (Å²) in [6.07, 6.45) is -4.20. The van der Waals surface area contributed by atoms with Crippen LogP contribution in [-0.4, -0.2) is 12.7 Å². The van der Waals surface area contributed by atoms with Gasteiger partial charge in [0.1, 0.15) is 0 Å². The topological polar surface area (TPSA) is 35.8 Å². The van der Waals surface area contributed by atoms with Gasteiger partial charge in [0.25, 0.3) is 0 Å². The Morgan fingerprint density at radius 3 is 2.67 bits per heavy atom. The second-order valence-corrected chi connectivity index (χ2v) is 3.03. The first-order chi connectivity index (χ1) is 7.01. The number of alkyl halides is 3. The largest absolute Gasteiger partial charge is 0.401 e. The van der Waals surface area contributed by atoms with Gasteiger partial charge in [0.05, 0.1) is 18.2 Å². The molecule has 0 saturated heterocycles. The van der Waals surface area contributed by atoms with Gasteiger partial charge in [-0.1, -0.05) is 12.1 Å². The Kier molecular flexibility index (Phi) is 3.69. The lowest BCUT2D eigenvalue weighted by Crippen LogP contribution is -2.28. The molecule has 0 unspecified atom stereocenters. The van der Waals surface area contributed by atoms with Crippen molar-refractivity contribution in [3.8, 4) is 6.07 Å². The zero-order chi connectivity index (χ0) is 11.3. The molecule has 15 heavy (non-hydrogen) atoms. The van der Waals surface area contributed by atoms with Gasteiger partial charge >= 0.3 is 6.18 Å². The molecule has 2 nitrogen and oxygen atoms in total. The summed E-state index contributed by atoms with van der Waals surface area (Å²) in [5.41, 5.74) is 1.11. The molecule has 0 aliphatic rings. The molecule has 0 bridgehead atoms. The first-order valence-electron chi connectivity index (χ1n) is 4.28. The van der Waals surface area contributed by atoms with Crippen LogP contribution in [0.3, 0.4) is 0 Å². The van der Waals surface area contributed by atoms with Crippen LogP contribution in [0.2, 0.25) is 0 Å². The van der Waals surface area contributed by atoms with E-state index in [4.69, 9.17) is 5.26 Å². The van der Waals surface area contributed by atoms with E-state index >= 15 is 0 Å². The predicted molar refractivity (Wildman–Crippen MR) is 48.9 cm³/mol. The van der Waals surface area contributed by atoms with Crippen LogP contribution < -0.4 is 5.32 Å². The van der Waals surface area contributed by atoms with E-state index in [1.54, 1.807) is 24.3 Å². The van der Waals surface area contributed by atoms with Gasteiger partial charge in [-0.2, -0.15) is 18.4 Å². The number of benzene rings is 1. The van der Waals surface area contributed by atoms with Gasteiger partial charge in [-0.05, 0) is 17.7 Å². The lowest BCUT2D eigenvalue weighted by Gasteiger charge is -2.07. The van der Waals surface area contributed by atoms with E-state index in [0.717, 1.165) is 0 Å². The number of nitrogens with zero attached hydrogens (tertiary/aromatic N) is 1. The van der Waals surface area contributed by atoms with Crippen LogP contribution in [0, 0.1) is 11.3 Å². The standard InChI is InChI=1S/C10H9F3N2/c11-10(12,13)7-15-6-9-3-1-2-8(4-9)5-14/h1-4,15H,6-7H2. The molecule has 0 radical (unpaired) electrons. The van der Waals surface area contributed by atoms with E-state index in [-0.39, 0.29) is 6.54 Å². The Bertz CT molecular complexity index is 366. The summed E-state index contributed by atoms with van der Waals surface area (Å²) in [7, 11) is 0. The van der Waals surface area contributed by atoms with E-state index in [2.05, 4.69) is 5.32 Å². The Balaban J connectivity index is 2.48. The molecular formula is C10H9F3N2. The Hall–Kier alpha value is -1.54. The predicted octanol–water partition coefficient (Wildman–Crippen LogP) is 2.21. The Morgan fingerprint density at radius 1 is 1.33 bits per heavy atom.